The van der Waals surface area contributed by atoms with E-state index in [0.29, 0.717) is 0 Å². The highest BCUT2D eigenvalue weighted by Gasteiger charge is 2.11. The first-order valence-electron chi connectivity index (χ1n) is 11.2. The van der Waals surface area contributed by atoms with Gasteiger partial charge in [-0.1, -0.05) is 12.1 Å². The van der Waals surface area contributed by atoms with E-state index in [1.807, 2.05) is 18.2 Å². The molecule has 0 aromatic heterocycles. The molecule has 1 aromatic carbocycles. The van der Waals surface area contributed by atoms with Gasteiger partial charge in [-0.15, -0.1) is 0 Å². The van der Waals surface area contributed by atoms with Crippen LogP contribution in [0.5, 0.6) is 0 Å². The number of hydrogen-bond acceptors (Lipinski definition) is 4. The van der Waals surface area contributed by atoms with Crippen molar-refractivity contribution in [3.05, 3.63) is 35.4 Å². The molecule has 168 valence electrons. The fourth-order valence-corrected chi connectivity index (χ4v) is 3.59. The lowest BCUT2D eigenvalue weighted by Crippen LogP contribution is -2.38. The molecular weight excluding hydrogens is 376 g/mol. The maximum absolute atomic E-state index is 12.1. The third-order valence-electron chi connectivity index (χ3n) is 5.34. The van der Waals surface area contributed by atoms with Crippen LogP contribution in [0.15, 0.2) is 29.3 Å². The Labute approximate surface area is 182 Å². The third-order valence-corrected chi connectivity index (χ3v) is 5.34. The maximum Gasteiger partial charge on any atom is 0.253 e. The summed E-state index contributed by atoms with van der Waals surface area (Å²) in [6, 6.07) is 7.86. The van der Waals surface area contributed by atoms with Gasteiger partial charge in [0.1, 0.15) is 0 Å². The second-order valence-electron chi connectivity index (χ2n) is 8.19. The lowest BCUT2D eigenvalue weighted by molar-refractivity contribution is 0.0827. The topological polar surface area (TPSA) is 63.2 Å². The zero-order valence-electron chi connectivity index (χ0n) is 19.3. The van der Waals surface area contributed by atoms with E-state index in [9.17, 15) is 4.79 Å². The van der Waals surface area contributed by atoms with Crippen LogP contribution < -0.4 is 10.6 Å². The molecule has 7 nitrogen and oxygen atoms in total. The van der Waals surface area contributed by atoms with Crippen LogP contribution in [0.1, 0.15) is 35.7 Å². The summed E-state index contributed by atoms with van der Waals surface area (Å²) in [6.07, 6.45) is 3.18. The Bertz CT molecular complexity index is 675. The molecule has 1 aliphatic heterocycles. The zero-order valence-corrected chi connectivity index (χ0v) is 19.3. The van der Waals surface area contributed by atoms with Crippen LogP contribution >= 0.6 is 0 Å². The molecule has 0 unspecified atom stereocenters. The fraction of sp³-hybridized carbons (Fsp3) is 0.652. The number of guanidine groups is 1. The molecule has 0 bridgehead atoms. The van der Waals surface area contributed by atoms with E-state index in [-0.39, 0.29) is 5.91 Å². The number of nitrogens with one attached hydrogen (secondary N) is 2. The van der Waals surface area contributed by atoms with Crippen molar-refractivity contribution in [2.24, 2.45) is 4.99 Å². The minimum Gasteiger partial charge on any atom is -0.357 e. The van der Waals surface area contributed by atoms with Crippen LogP contribution in [0.4, 0.5) is 0 Å². The summed E-state index contributed by atoms with van der Waals surface area (Å²) in [5.41, 5.74) is 1.88. The number of carbonyl (C=O) groups excluding carboxylic acids is 1. The Morgan fingerprint density at radius 2 is 2.00 bits per heavy atom. The predicted octanol–water partition coefficient (Wildman–Crippen LogP) is 1.51. The Kier molecular flexibility index (Phi) is 10.7. The van der Waals surface area contributed by atoms with E-state index in [1.165, 1.54) is 19.5 Å². The first-order valence-corrected chi connectivity index (χ1v) is 11.2. The Morgan fingerprint density at radius 1 is 1.17 bits per heavy atom. The van der Waals surface area contributed by atoms with E-state index >= 15 is 0 Å². The number of hydrogen-bond donors (Lipinski definition) is 2. The van der Waals surface area contributed by atoms with Gasteiger partial charge in [0.05, 0.1) is 0 Å². The molecule has 0 aliphatic carbocycles. The minimum atomic E-state index is 0.0377. The molecular formula is C23H40N6O. The van der Waals surface area contributed by atoms with Crippen molar-refractivity contribution >= 4 is 11.9 Å². The van der Waals surface area contributed by atoms with Crippen molar-refractivity contribution < 1.29 is 4.79 Å². The van der Waals surface area contributed by atoms with E-state index in [2.05, 4.69) is 40.5 Å². The van der Waals surface area contributed by atoms with Gasteiger partial charge < -0.3 is 25.3 Å². The van der Waals surface area contributed by atoms with Gasteiger partial charge >= 0.3 is 0 Å². The average molecular weight is 417 g/mol. The molecule has 7 heteroatoms. The zero-order chi connectivity index (χ0) is 21.8. The average Bonchev–Trinajstić information content (AvgIpc) is 2.94. The van der Waals surface area contributed by atoms with Gasteiger partial charge in [-0.05, 0) is 70.6 Å². The van der Waals surface area contributed by atoms with E-state index in [4.69, 9.17) is 4.99 Å². The number of benzene rings is 1. The van der Waals surface area contributed by atoms with Gasteiger partial charge in [-0.25, -0.2) is 0 Å². The van der Waals surface area contributed by atoms with Gasteiger partial charge in [-0.3, -0.25) is 9.79 Å². The summed E-state index contributed by atoms with van der Waals surface area (Å²) in [4.78, 5) is 23.4. The quantitative estimate of drug-likeness (QED) is 0.363. The molecule has 0 saturated carbocycles. The molecule has 1 aromatic rings. The number of aliphatic imine (C=N–C) groups is 1. The first kappa shape index (κ1) is 24.2. The van der Waals surface area contributed by atoms with E-state index < -0.39 is 0 Å². The molecule has 30 heavy (non-hydrogen) atoms. The van der Waals surface area contributed by atoms with Crippen LogP contribution in [0.3, 0.4) is 0 Å². The van der Waals surface area contributed by atoms with Gasteiger partial charge in [0.25, 0.3) is 5.91 Å². The summed E-state index contributed by atoms with van der Waals surface area (Å²) in [6.45, 7) is 10.4. The Balaban J connectivity index is 1.75. The third kappa shape index (κ3) is 8.71. The molecule has 2 N–H and O–H groups in total. The fourth-order valence-electron chi connectivity index (χ4n) is 3.59. The van der Waals surface area contributed by atoms with Crippen LogP contribution in [0.25, 0.3) is 0 Å². The SMILES string of the molecule is CCNC(=NCCCN1CCCN(C)CC1)NCCc1cccc(C(=O)N(C)C)c1. The summed E-state index contributed by atoms with van der Waals surface area (Å²) < 4.78 is 0. The highest BCUT2D eigenvalue weighted by Crippen LogP contribution is 2.08. The normalized spacial score (nSPS) is 16.2. The van der Waals surface area contributed by atoms with Gasteiger partial charge in [0.2, 0.25) is 0 Å². The van der Waals surface area contributed by atoms with Crippen molar-refractivity contribution in [3.8, 4) is 0 Å². The smallest absolute Gasteiger partial charge is 0.253 e. The molecule has 0 spiro atoms. The molecule has 1 fully saturated rings. The van der Waals surface area contributed by atoms with Gasteiger partial charge in [0.15, 0.2) is 5.96 Å². The standard InChI is InChI=1S/C23H40N6O/c1-5-24-23(25-12-7-15-29-16-8-14-28(4)17-18-29)26-13-11-20-9-6-10-21(19-20)22(30)27(2)3/h6,9-10,19H,5,7-8,11-18H2,1-4H3,(H2,24,25,26). The summed E-state index contributed by atoms with van der Waals surface area (Å²) in [5, 5.41) is 6.74. The number of likely N-dealkylation sites (N-methyl/N-ethyl adjacent to an activating group) is 1. The molecule has 1 aliphatic rings. The van der Waals surface area contributed by atoms with Gasteiger partial charge in [0, 0.05) is 52.4 Å². The van der Waals surface area contributed by atoms with Crippen molar-refractivity contribution in [1.82, 2.24) is 25.3 Å². The van der Waals surface area contributed by atoms with E-state index in [1.54, 1.807) is 19.0 Å². The summed E-state index contributed by atoms with van der Waals surface area (Å²) in [7, 11) is 5.76. The minimum absolute atomic E-state index is 0.0377. The first-order chi connectivity index (χ1) is 14.5. The lowest BCUT2D eigenvalue weighted by atomic mass is 10.1. The number of nitrogens with zero attached hydrogens (tertiary/aromatic N) is 4. The van der Waals surface area contributed by atoms with Crippen LogP contribution in [-0.2, 0) is 6.42 Å². The molecule has 0 atom stereocenters. The Morgan fingerprint density at radius 3 is 2.77 bits per heavy atom. The number of carbonyl (C=O) groups is 1. The molecule has 1 heterocycles. The van der Waals surface area contributed by atoms with E-state index in [0.717, 1.165) is 69.2 Å². The van der Waals surface area contributed by atoms with Crippen LogP contribution in [0.2, 0.25) is 0 Å². The maximum atomic E-state index is 12.1. The largest absolute Gasteiger partial charge is 0.357 e. The van der Waals surface area contributed by atoms with Crippen LogP contribution in [-0.4, -0.2) is 100 Å². The van der Waals surface area contributed by atoms with Crippen LogP contribution in [0, 0.1) is 0 Å². The number of rotatable bonds is 9. The summed E-state index contributed by atoms with van der Waals surface area (Å²) >= 11 is 0. The van der Waals surface area contributed by atoms with Crippen molar-refractivity contribution in [2.75, 3.05) is 73.5 Å². The monoisotopic (exact) mass is 416 g/mol. The van der Waals surface area contributed by atoms with Crippen molar-refractivity contribution in [2.45, 2.75) is 26.2 Å². The lowest BCUT2D eigenvalue weighted by Gasteiger charge is -2.19. The highest BCUT2D eigenvalue weighted by molar-refractivity contribution is 5.94. The predicted molar refractivity (Wildman–Crippen MR) is 125 cm³/mol. The second kappa shape index (κ2) is 13.2. The highest BCUT2D eigenvalue weighted by atomic mass is 16.2. The number of amides is 1. The molecule has 1 amide bonds. The molecule has 0 radical (unpaired) electrons. The summed E-state index contributed by atoms with van der Waals surface area (Å²) in [5.74, 6) is 0.907. The molecule has 1 saturated heterocycles. The van der Waals surface area contributed by atoms with Crippen molar-refractivity contribution in [3.63, 3.8) is 0 Å². The van der Waals surface area contributed by atoms with Gasteiger partial charge in [-0.2, -0.15) is 0 Å². The second-order valence-corrected chi connectivity index (χ2v) is 8.19. The van der Waals surface area contributed by atoms with Crippen molar-refractivity contribution in [1.29, 1.82) is 0 Å². The Hall–Kier alpha value is -2.12. The molecule has 2 rings (SSSR count).